The molecule has 0 unspecified atom stereocenters. The second-order valence-electron chi connectivity index (χ2n) is 4.81. The van der Waals surface area contributed by atoms with E-state index in [0.29, 0.717) is 18.7 Å². The molecule has 2 N–H and O–H groups in total. The Labute approximate surface area is 109 Å². The lowest BCUT2D eigenvalue weighted by Crippen LogP contribution is -2.31. The van der Waals surface area contributed by atoms with E-state index < -0.39 is 17.6 Å². The highest BCUT2D eigenvalue weighted by Crippen LogP contribution is 2.33. The third-order valence-electron chi connectivity index (χ3n) is 3.34. The predicted octanol–water partition coefficient (Wildman–Crippen LogP) is 1.98. The van der Waals surface area contributed by atoms with Crippen molar-refractivity contribution in [1.82, 2.24) is 4.90 Å². The lowest BCUT2D eigenvalue weighted by molar-refractivity contribution is -0.137. The largest absolute Gasteiger partial charge is 0.416 e. The monoisotopic (exact) mass is 272 g/mol. The summed E-state index contributed by atoms with van der Waals surface area (Å²) in [5, 5.41) is 0. The molecule has 1 heterocycles. The van der Waals surface area contributed by atoms with Gasteiger partial charge in [-0.3, -0.25) is 9.69 Å². The molecule has 0 aliphatic carbocycles. The van der Waals surface area contributed by atoms with Crippen LogP contribution in [0.2, 0.25) is 0 Å². The van der Waals surface area contributed by atoms with Crippen LogP contribution in [0.15, 0.2) is 24.3 Å². The molecular weight excluding hydrogens is 257 g/mol. The molecule has 1 aliphatic heterocycles. The maximum absolute atomic E-state index is 12.6. The van der Waals surface area contributed by atoms with Crippen molar-refractivity contribution in [2.45, 2.75) is 18.5 Å². The van der Waals surface area contributed by atoms with Crippen LogP contribution in [0.5, 0.6) is 0 Å². The number of likely N-dealkylation sites (tertiary alicyclic amines) is 1. The normalized spacial score (nSPS) is 20.7. The van der Waals surface area contributed by atoms with Crippen molar-refractivity contribution >= 4 is 5.91 Å². The Hall–Kier alpha value is -1.56. The quantitative estimate of drug-likeness (QED) is 0.914. The first-order valence-electron chi connectivity index (χ1n) is 6.04. The molecule has 1 amide bonds. The fraction of sp³-hybridized carbons (Fsp3) is 0.462. The number of hydrogen-bond acceptors (Lipinski definition) is 2. The number of carbonyl (C=O) groups is 1. The molecule has 1 aromatic rings. The molecule has 1 fully saturated rings. The van der Waals surface area contributed by atoms with Gasteiger partial charge in [-0.15, -0.1) is 0 Å². The van der Waals surface area contributed by atoms with Gasteiger partial charge in [0.15, 0.2) is 0 Å². The number of hydrogen-bond donors (Lipinski definition) is 1. The fourth-order valence-electron chi connectivity index (χ4n) is 2.44. The zero-order chi connectivity index (χ0) is 14.0. The number of amides is 1. The third kappa shape index (κ3) is 3.47. The van der Waals surface area contributed by atoms with Gasteiger partial charge >= 0.3 is 6.18 Å². The summed E-state index contributed by atoms with van der Waals surface area (Å²) < 4.78 is 37.9. The van der Waals surface area contributed by atoms with Crippen LogP contribution in [-0.4, -0.2) is 30.4 Å². The summed E-state index contributed by atoms with van der Waals surface area (Å²) in [4.78, 5) is 12.7. The molecule has 1 saturated heterocycles. The number of nitrogens with zero attached hydrogens (tertiary/aromatic N) is 1. The van der Waals surface area contributed by atoms with Crippen molar-refractivity contribution in [3.63, 3.8) is 0 Å². The first-order valence-corrected chi connectivity index (χ1v) is 6.04. The van der Waals surface area contributed by atoms with Gasteiger partial charge in [0.2, 0.25) is 5.91 Å². The molecule has 104 valence electrons. The summed E-state index contributed by atoms with van der Waals surface area (Å²) in [6, 6.07) is 5.39. The molecule has 3 nitrogen and oxygen atoms in total. The summed E-state index contributed by atoms with van der Waals surface area (Å²) in [5.74, 6) is -0.383. The first kappa shape index (κ1) is 13.9. The van der Waals surface area contributed by atoms with Crippen molar-refractivity contribution in [2.24, 2.45) is 5.73 Å². The van der Waals surface area contributed by atoms with E-state index in [1.54, 1.807) is 6.07 Å². The van der Waals surface area contributed by atoms with Crippen molar-refractivity contribution in [2.75, 3.05) is 19.6 Å². The van der Waals surface area contributed by atoms with Gasteiger partial charge in [-0.05, 0) is 30.5 Å². The van der Waals surface area contributed by atoms with Crippen LogP contribution in [0.4, 0.5) is 13.2 Å². The average Bonchev–Trinajstić information content (AvgIpc) is 2.76. The molecule has 1 atom stereocenters. The second-order valence-corrected chi connectivity index (χ2v) is 4.81. The van der Waals surface area contributed by atoms with Crippen LogP contribution in [0, 0.1) is 0 Å². The summed E-state index contributed by atoms with van der Waals surface area (Å²) >= 11 is 0. The Bertz CT molecular complexity index is 473. The van der Waals surface area contributed by atoms with Gasteiger partial charge in [0, 0.05) is 6.54 Å². The number of primary amides is 1. The van der Waals surface area contributed by atoms with E-state index >= 15 is 0 Å². The van der Waals surface area contributed by atoms with E-state index in [4.69, 9.17) is 5.73 Å². The molecule has 0 saturated carbocycles. The minimum absolute atomic E-state index is 0.0293. The zero-order valence-corrected chi connectivity index (χ0v) is 10.3. The standard InChI is InChI=1S/C13H15F3N2O/c14-13(15,16)11-3-1-2-9(6-11)10-4-5-18(7-10)8-12(17)19/h1-3,6,10H,4-5,7-8H2,(H2,17,19)/t10-/m0/s1. The number of benzene rings is 1. The Balaban J connectivity index is 2.09. The summed E-state index contributed by atoms with van der Waals surface area (Å²) in [5.41, 5.74) is 5.15. The van der Waals surface area contributed by atoms with Crippen LogP contribution < -0.4 is 5.73 Å². The van der Waals surface area contributed by atoms with Gasteiger partial charge in [0.25, 0.3) is 0 Å². The van der Waals surface area contributed by atoms with Crippen molar-refractivity contribution < 1.29 is 18.0 Å². The van der Waals surface area contributed by atoms with E-state index in [1.807, 2.05) is 4.90 Å². The van der Waals surface area contributed by atoms with Gasteiger partial charge < -0.3 is 5.73 Å². The van der Waals surface area contributed by atoms with Crippen LogP contribution in [-0.2, 0) is 11.0 Å². The zero-order valence-electron chi connectivity index (χ0n) is 10.3. The molecular formula is C13H15F3N2O. The predicted molar refractivity (Wildman–Crippen MR) is 64.4 cm³/mol. The fourth-order valence-corrected chi connectivity index (χ4v) is 2.44. The van der Waals surface area contributed by atoms with Gasteiger partial charge in [0.05, 0.1) is 12.1 Å². The Morgan fingerprint density at radius 3 is 2.79 bits per heavy atom. The first-order chi connectivity index (χ1) is 8.86. The molecule has 1 aromatic carbocycles. The number of nitrogens with two attached hydrogens (primary N) is 1. The van der Waals surface area contributed by atoms with Crippen LogP contribution in [0.1, 0.15) is 23.5 Å². The average molecular weight is 272 g/mol. The topological polar surface area (TPSA) is 46.3 Å². The highest BCUT2D eigenvalue weighted by Gasteiger charge is 2.32. The lowest BCUT2D eigenvalue weighted by atomic mass is 9.96. The third-order valence-corrected chi connectivity index (χ3v) is 3.34. The molecule has 0 aromatic heterocycles. The molecule has 2 rings (SSSR count). The number of halogens is 3. The van der Waals surface area contributed by atoms with Gasteiger partial charge in [0.1, 0.15) is 0 Å². The lowest BCUT2D eigenvalue weighted by Gasteiger charge is -2.15. The number of rotatable bonds is 3. The summed E-state index contributed by atoms with van der Waals surface area (Å²) in [7, 11) is 0. The van der Waals surface area contributed by atoms with Crippen LogP contribution >= 0.6 is 0 Å². The van der Waals surface area contributed by atoms with E-state index in [0.717, 1.165) is 12.5 Å². The molecule has 0 radical (unpaired) electrons. The minimum Gasteiger partial charge on any atom is -0.369 e. The van der Waals surface area contributed by atoms with Crippen molar-refractivity contribution in [3.05, 3.63) is 35.4 Å². The van der Waals surface area contributed by atoms with Gasteiger partial charge in [-0.2, -0.15) is 13.2 Å². The second kappa shape index (κ2) is 5.21. The maximum atomic E-state index is 12.6. The SMILES string of the molecule is NC(=O)CN1CC[C@H](c2cccc(C(F)(F)F)c2)C1. The Kier molecular flexibility index (Phi) is 3.80. The van der Waals surface area contributed by atoms with Crippen LogP contribution in [0.3, 0.4) is 0 Å². The summed E-state index contributed by atoms with van der Waals surface area (Å²) in [6.07, 6.45) is -3.57. The molecule has 0 spiro atoms. The van der Waals surface area contributed by atoms with Gasteiger partial charge in [-0.25, -0.2) is 0 Å². The van der Waals surface area contributed by atoms with Crippen molar-refractivity contribution in [3.8, 4) is 0 Å². The van der Waals surface area contributed by atoms with Crippen LogP contribution in [0.25, 0.3) is 0 Å². The minimum atomic E-state index is -4.32. The Morgan fingerprint density at radius 1 is 1.42 bits per heavy atom. The van der Waals surface area contributed by atoms with E-state index in [1.165, 1.54) is 12.1 Å². The maximum Gasteiger partial charge on any atom is 0.416 e. The molecule has 1 aliphatic rings. The smallest absolute Gasteiger partial charge is 0.369 e. The number of alkyl halides is 3. The summed E-state index contributed by atoms with van der Waals surface area (Å²) in [6.45, 7) is 1.42. The van der Waals surface area contributed by atoms with E-state index in [9.17, 15) is 18.0 Å². The molecule has 6 heteroatoms. The Morgan fingerprint density at radius 2 is 2.16 bits per heavy atom. The molecule has 0 bridgehead atoms. The van der Waals surface area contributed by atoms with Gasteiger partial charge in [-0.1, -0.05) is 18.2 Å². The molecule has 19 heavy (non-hydrogen) atoms. The highest BCUT2D eigenvalue weighted by molar-refractivity contribution is 5.75. The number of carbonyl (C=O) groups excluding carboxylic acids is 1. The van der Waals surface area contributed by atoms with E-state index in [2.05, 4.69) is 0 Å². The van der Waals surface area contributed by atoms with Crippen molar-refractivity contribution in [1.29, 1.82) is 0 Å². The van der Waals surface area contributed by atoms with E-state index in [-0.39, 0.29) is 12.5 Å². The highest BCUT2D eigenvalue weighted by atomic mass is 19.4.